The normalized spacial score (nSPS) is 11.5. The molecule has 0 fully saturated rings. The Balaban J connectivity index is 2.34. The van der Waals surface area contributed by atoms with Crippen LogP contribution in [-0.2, 0) is 9.53 Å². The standard InChI is InChI=1S/C20H16O4/c1-13-19(20(22)15-10-6-7-11-17(15)24-13)16(12-18(21)23-2)14-8-4-3-5-9-14/h3-12H,1-2H3/b16-12+. The number of carbonyl (C=O) groups excluding carboxylic acids is 1. The Kier molecular flexibility index (Phi) is 4.29. The predicted octanol–water partition coefficient (Wildman–Crippen LogP) is 3.71. The third kappa shape index (κ3) is 2.86. The van der Waals surface area contributed by atoms with E-state index in [0.717, 1.165) is 5.56 Å². The van der Waals surface area contributed by atoms with E-state index in [0.29, 0.717) is 27.9 Å². The molecule has 0 bridgehead atoms. The highest BCUT2D eigenvalue weighted by molar-refractivity contribution is 5.97. The van der Waals surface area contributed by atoms with Crippen LogP contribution in [0.3, 0.4) is 0 Å². The van der Waals surface area contributed by atoms with Crippen molar-refractivity contribution in [3.63, 3.8) is 0 Å². The Labute approximate surface area is 139 Å². The first-order valence-electron chi connectivity index (χ1n) is 7.49. The zero-order chi connectivity index (χ0) is 17.1. The number of hydrogen-bond acceptors (Lipinski definition) is 4. The van der Waals surface area contributed by atoms with Crippen molar-refractivity contribution in [2.75, 3.05) is 7.11 Å². The highest BCUT2D eigenvalue weighted by atomic mass is 16.5. The van der Waals surface area contributed by atoms with Gasteiger partial charge >= 0.3 is 5.97 Å². The number of benzene rings is 2. The molecule has 0 aliphatic heterocycles. The van der Waals surface area contributed by atoms with Crippen molar-refractivity contribution in [2.45, 2.75) is 6.92 Å². The number of carbonyl (C=O) groups is 1. The lowest BCUT2D eigenvalue weighted by atomic mass is 9.95. The lowest BCUT2D eigenvalue weighted by molar-refractivity contribution is -0.134. The molecule has 24 heavy (non-hydrogen) atoms. The van der Waals surface area contributed by atoms with Gasteiger partial charge in [0.05, 0.1) is 18.1 Å². The average Bonchev–Trinajstić information content (AvgIpc) is 2.61. The SMILES string of the molecule is COC(=O)/C=C(\c1ccccc1)c1c(C)oc2ccccc2c1=O. The molecule has 0 unspecified atom stereocenters. The summed E-state index contributed by atoms with van der Waals surface area (Å²) in [5.41, 5.74) is 1.95. The fourth-order valence-electron chi connectivity index (χ4n) is 2.66. The van der Waals surface area contributed by atoms with Crippen molar-refractivity contribution in [2.24, 2.45) is 0 Å². The minimum Gasteiger partial charge on any atom is -0.466 e. The van der Waals surface area contributed by atoms with Crippen LogP contribution < -0.4 is 5.43 Å². The van der Waals surface area contributed by atoms with Gasteiger partial charge in [-0.3, -0.25) is 4.79 Å². The summed E-state index contributed by atoms with van der Waals surface area (Å²) in [6.07, 6.45) is 1.32. The molecule has 0 saturated carbocycles. The summed E-state index contributed by atoms with van der Waals surface area (Å²) in [4.78, 5) is 24.8. The molecule has 3 rings (SSSR count). The molecule has 1 aromatic heterocycles. The topological polar surface area (TPSA) is 56.5 Å². The highest BCUT2D eigenvalue weighted by Gasteiger charge is 2.18. The predicted molar refractivity (Wildman–Crippen MR) is 92.8 cm³/mol. The summed E-state index contributed by atoms with van der Waals surface area (Å²) in [5, 5.41) is 0.477. The number of hydrogen-bond donors (Lipinski definition) is 0. The maximum Gasteiger partial charge on any atom is 0.331 e. The van der Waals surface area contributed by atoms with Crippen molar-refractivity contribution in [1.29, 1.82) is 0 Å². The maximum atomic E-state index is 13.0. The minimum atomic E-state index is -0.527. The van der Waals surface area contributed by atoms with Crippen LogP contribution in [0.5, 0.6) is 0 Å². The number of fused-ring (bicyclic) bond motifs is 1. The molecule has 4 heteroatoms. The quantitative estimate of drug-likeness (QED) is 0.545. The molecule has 0 aliphatic carbocycles. The fraction of sp³-hybridized carbons (Fsp3) is 0.100. The van der Waals surface area contributed by atoms with Crippen LogP contribution in [0.2, 0.25) is 0 Å². The molecule has 0 amide bonds. The highest BCUT2D eigenvalue weighted by Crippen LogP contribution is 2.26. The molecular formula is C20H16O4. The second-order valence-corrected chi connectivity index (χ2v) is 5.31. The molecule has 4 nitrogen and oxygen atoms in total. The lowest BCUT2D eigenvalue weighted by Gasteiger charge is -2.11. The van der Waals surface area contributed by atoms with Gasteiger partial charge in [-0.15, -0.1) is 0 Å². The second kappa shape index (κ2) is 6.54. The van der Waals surface area contributed by atoms with Gasteiger partial charge in [0.1, 0.15) is 11.3 Å². The van der Waals surface area contributed by atoms with Crippen LogP contribution in [0.1, 0.15) is 16.9 Å². The van der Waals surface area contributed by atoms with Crippen LogP contribution in [0, 0.1) is 6.92 Å². The molecular weight excluding hydrogens is 304 g/mol. The molecule has 120 valence electrons. The largest absolute Gasteiger partial charge is 0.466 e. The Bertz CT molecular complexity index is 981. The van der Waals surface area contributed by atoms with Gasteiger partial charge in [-0.05, 0) is 24.6 Å². The molecule has 3 aromatic rings. The van der Waals surface area contributed by atoms with E-state index in [1.807, 2.05) is 36.4 Å². The van der Waals surface area contributed by atoms with Crippen molar-refractivity contribution in [3.8, 4) is 0 Å². The van der Waals surface area contributed by atoms with E-state index in [9.17, 15) is 9.59 Å². The van der Waals surface area contributed by atoms with Gasteiger partial charge in [-0.1, -0.05) is 42.5 Å². The molecule has 0 aliphatic rings. The molecule has 0 atom stereocenters. The third-order valence-corrected chi connectivity index (χ3v) is 3.79. The summed E-state index contributed by atoms with van der Waals surface area (Å²) in [6.45, 7) is 1.72. The molecule has 0 saturated heterocycles. The zero-order valence-corrected chi connectivity index (χ0v) is 13.4. The van der Waals surface area contributed by atoms with Gasteiger partial charge in [-0.2, -0.15) is 0 Å². The lowest BCUT2D eigenvalue weighted by Crippen LogP contribution is -2.12. The Morgan fingerprint density at radius 3 is 2.42 bits per heavy atom. The number of rotatable bonds is 3. The summed E-state index contributed by atoms with van der Waals surface area (Å²) in [6, 6.07) is 16.3. The van der Waals surface area contributed by atoms with Gasteiger partial charge in [-0.25, -0.2) is 4.79 Å². The molecule has 0 radical (unpaired) electrons. The summed E-state index contributed by atoms with van der Waals surface area (Å²) in [5.74, 6) is -0.0708. The van der Waals surface area contributed by atoms with Crippen LogP contribution in [0.15, 0.2) is 69.9 Å². The molecule has 0 N–H and O–H groups in total. The molecule has 1 heterocycles. The van der Waals surface area contributed by atoms with E-state index < -0.39 is 5.97 Å². The Morgan fingerprint density at radius 1 is 1.04 bits per heavy atom. The van der Waals surface area contributed by atoms with E-state index >= 15 is 0 Å². The smallest absolute Gasteiger partial charge is 0.331 e. The van der Waals surface area contributed by atoms with Crippen molar-refractivity contribution in [3.05, 3.63) is 87.8 Å². The van der Waals surface area contributed by atoms with E-state index in [2.05, 4.69) is 0 Å². The fourth-order valence-corrected chi connectivity index (χ4v) is 2.66. The minimum absolute atomic E-state index is 0.173. The second-order valence-electron chi connectivity index (χ2n) is 5.31. The van der Waals surface area contributed by atoms with E-state index in [1.165, 1.54) is 13.2 Å². The first kappa shape index (κ1) is 15.7. The van der Waals surface area contributed by atoms with Gasteiger partial charge in [0.25, 0.3) is 0 Å². The van der Waals surface area contributed by atoms with Crippen LogP contribution in [0.25, 0.3) is 16.5 Å². The number of para-hydroxylation sites is 1. The summed E-state index contributed by atoms with van der Waals surface area (Å²) >= 11 is 0. The molecule has 2 aromatic carbocycles. The van der Waals surface area contributed by atoms with Gasteiger partial charge in [0.15, 0.2) is 0 Å². The van der Waals surface area contributed by atoms with E-state index in [1.54, 1.807) is 25.1 Å². The van der Waals surface area contributed by atoms with Crippen LogP contribution >= 0.6 is 0 Å². The maximum absolute atomic E-state index is 13.0. The van der Waals surface area contributed by atoms with Crippen molar-refractivity contribution in [1.82, 2.24) is 0 Å². The molecule has 0 spiro atoms. The number of methoxy groups -OCH3 is 1. The number of ether oxygens (including phenoxy) is 1. The van der Waals surface area contributed by atoms with Crippen LogP contribution in [0.4, 0.5) is 0 Å². The summed E-state index contributed by atoms with van der Waals surface area (Å²) < 4.78 is 10.5. The van der Waals surface area contributed by atoms with Gasteiger partial charge in [0, 0.05) is 11.6 Å². The van der Waals surface area contributed by atoms with Crippen LogP contribution in [-0.4, -0.2) is 13.1 Å². The number of aryl methyl sites for hydroxylation is 1. The summed E-state index contributed by atoms with van der Waals surface area (Å²) in [7, 11) is 1.30. The first-order valence-corrected chi connectivity index (χ1v) is 7.49. The van der Waals surface area contributed by atoms with E-state index in [4.69, 9.17) is 9.15 Å². The average molecular weight is 320 g/mol. The van der Waals surface area contributed by atoms with Gasteiger partial charge < -0.3 is 9.15 Å². The van der Waals surface area contributed by atoms with Gasteiger partial charge in [0.2, 0.25) is 5.43 Å². The van der Waals surface area contributed by atoms with Crippen molar-refractivity contribution >= 4 is 22.5 Å². The first-order chi connectivity index (χ1) is 11.6. The monoisotopic (exact) mass is 320 g/mol. The zero-order valence-electron chi connectivity index (χ0n) is 13.4. The Morgan fingerprint density at radius 2 is 1.71 bits per heavy atom. The Hall–Kier alpha value is -3.14. The van der Waals surface area contributed by atoms with E-state index in [-0.39, 0.29) is 5.43 Å². The van der Waals surface area contributed by atoms with Crippen molar-refractivity contribution < 1.29 is 13.9 Å². The number of esters is 1. The third-order valence-electron chi connectivity index (χ3n) is 3.79.